The average Bonchev–Trinajstić information content (AvgIpc) is 3.18. The molecule has 0 N–H and O–H groups in total. The minimum Gasteiger partial charge on any atom is -0.311 e. The maximum absolute atomic E-state index is 12.7. The molecule has 1 aromatic carbocycles. The van der Waals surface area contributed by atoms with Gasteiger partial charge in [-0.2, -0.15) is 0 Å². The highest BCUT2D eigenvalue weighted by Gasteiger charge is 2.24. The quantitative estimate of drug-likeness (QED) is 0.513. The fourth-order valence-electron chi connectivity index (χ4n) is 3.29. The number of carbonyl (C=O) groups excluding carboxylic acids is 1. The summed E-state index contributed by atoms with van der Waals surface area (Å²) in [6.45, 7) is 4.67. The lowest BCUT2D eigenvalue weighted by Crippen LogP contribution is -2.30. The van der Waals surface area contributed by atoms with Gasteiger partial charge >= 0.3 is 0 Å². The summed E-state index contributed by atoms with van der Waals surface area (Å²) in [5, 5.41) is 1.28. The van der Waals surface area contributed by atoms with Gasteiger partial charge in [-0.1, -0.05) is 30.0 Å². The average molecular weight is 386 g/mol. The summed E-state index contributed by atoms with van der Waals surface area (Å²) in [4.78, 5) is 33.7. The third-order valence-corrected chi connectivity index (χ3v) is 7.00. The minimum atomic E-state index is -0.0432. The highest BCUT2D eigenvalue weighted by atomic mass is 32.2. The molecule has 0 aliphatic carbocycles. The number of amides is 1. The number of hydrogen-bond donors (Lipinski definition) is 0. The molecule has 2 aromatic heterocycles. The zero-order valence-electron chi connectivity index (χ0n) is 14.9. The molecule has 1 aliphatic rings. The van der Waals surface area contributed by atoms with Crippen molar-refractivity contribution in [3.63, 3.8) is 0 Å². The molecule has 3 aromatic rings. The second-order valence-corrected chi connectivity index (χ2v) is 8.58. The highest BCUT2D eigenvalue weighted by molar-refractivity contribution is 7.99. The Kier molecular flexibility index (Phi) is 4.36. The summed E-state index contributed by atoms with van der Waals surface area (Å²) in [7, 11) is 1.72. The number of aryl methyl sites for hydroxylation is 2. The van der Waals surface area contributed by atoms with Gasteiger partial charge in [-0.05, 0) is 37.5 Å². The molecule has 0 fully saturated rings. The molecule has 0 atom stereocenters. The van der Waals surface area contributed by atoms with E-state index in [1.54, 1.807) is 11.6 Å². The molecular formula is C19H19N3O2S2. The van der Waals surface area contributed by atoms with E-state index in [-0.39, 0.29) is 17.2 Å². The number of thiophene rings is 1. The van der Waals surface area contributed by atoms with Crippen LogP contribution < -0.4 is 10.5 Å². The van der Waals surface area contributed by atoms with Crippen molar-refractivity contribution in [2.24, 2.45) is 7.05 Å². The Morgan fingerprint density at radius 3 is 2.88 bits per heavy atom. The Bertz CT molecular complexity index is 1080. The summed E-state index contributed by atoms with van der Waals surface area (Å²) < 4.78 is 1.55. The lowest BCUT2D eigenvalue weighted by Gasteiger charge is -2.17. The molecule has 4 rings (SSSR count). The molecular weight excluding hydrogens is 366 g/mol. The molecule has 7 heteroatoms. The standard InChI is InChI=1S/C19H19N3O2S2/c1-11-12(2)26-17-16(11)18(24)21(3)19(20-17)25-10-15(23)22-9-8-13-6-4-5-7-14(13)22/h4-7H,8-10H2,1-3H3. The zero-order chi connectivity index (χ0) is 18.4. The Morgan fingerprint density at radius 2 is 2.08 bits per heavy atom. The molecule has 134 valence electrons. The van der Waals surface area contributed by atoms with Crippen LogP contribution in [-0.2, 0) is 18.3 Å². The minimum absolute atomic E-state index is 0.0432. The molecule has 0 spiro atoms. The number of thioether (sulfide) groups is 1. The van der Waals surface area contributed by atoms with Crippen LogP contribution in [0.25, 0.3) is 10.2 Å². The first kappa shape index (κ1) is 17.3. The fourth-order valence-corrected chi connectivity index (χ4v) is 5.21. The van der Waals surface area contributed by atoms with Gasteiger partial charge in [0.2, 0.25) is 5.91 Å². The highest BCUT2D eigenvalue weighted by Crippen LogP contribution is 2.30. The van der Waals surface area contributed by atoms with E-state index < -0.39 is 0 Å². The number of anilines is 1. The van der Waals surface area contributed by atoms with Crippen molar-refractivity contribution < 1.29 is 4.79 Å². The van der Waals surface area contributed by atoms with Crippen LogP contribution in [0.5, 0.6) is 0 Å². The SMILES string of the molecule is Cc1sc2nc(SCC(=O)N3CCc4ccccc43)n(C)c(=O)c2c1C. The van der Waals surface area contributed by atoms with Gasteiger partial charge in [0, 0.05) is 24.2 Å². The first-order chi connectivity index (χ1) is 12.5. The largest absolute Gasteiger partial charge is 0.311 e. The Labute approximate surface area is 159 Å². The van der Waals surface area contributed by atoms with Crippen molar-refractivity contribution in [3.8, 4) is 0 Å². The second-order valence-electron chi connectivity index (χ2n) is 6.43. The number of hydrogen-bond acceptors (Lipinski definition) is 5. The second kappa shape index (κ2) is 6.55. The van der Waals surface area contributed by atoms with Crippen molar-refractivity contribution in [2.45, 2.75) is 25.4 Å². The summed E-state index contributed by atoms with van der Waals surface area (Å²) in [5.74, 6) is 0.316. The topological polar surface area (TPSA) is 55.2 Å². The van der Waals surface area contributed by atoms with E-state index in [1.807, 2.05) is 36.9 Å². The summed E-state index contributed by atoms with van der Waals surface area (Å²) in [5.41, 5.74) is 3.17. The molecule has 0 saturated carbocycles. The third-order valence-electron chi connectivity index (χ3n) is 4.88. The number of benzene rings is 1. The lowest BCUT2D eigenvalue weighted by atomic mass is 10.2. The van der Waals surface area contributed by atoms with Gasteiger partial charge in [0.05, 0.1) is 11.1 Å². The molecule has 0 radical (unpaired) electrons. The van der Waals surface area contributed by atoms with Gasteiger partial charge in [-0.3, -0.25) is 14.2 Å². The number of para-hydroxylation sites is 1. The van der Waals surface area contributed by atoms with E-state index in [9.17, 15) is 9.59 Å². The van der Waals surface area contributed by atoms with Crippen molar-refractivity contribution in [1.82, 2.24) is 9.55 Å². The van der Waals surface area contributed by atoms with Crippen LogP contribution in [-0.4, -0.2) is 27.8 Å². The predicted molar refractivity (Wildman–Crippen MR) is 108 cm³/mol. The van der Waals surface area contributed by atoms with E-state index >= 15 is 0 Å². The van der Waals surface area contributed by atoms with Gasteiger partial charge in [0.25, 0.3) is 5.56 Å². The van der Waals surface area contributed by atoms with Crippen LogP contribution in [0.4, 0.5) is 5.69 Å². The summed E-state index contributed by atoms with van der Waals surface area (Å²) in [6, 6.07) is 8.01. The van der Waals surface area contributed by atoms with Gasteiger partial charge < -0.3 is 4.90 Å². The van der Waals surface area contributed by atoms with E-state index in [0.29, 0.717) is 17.1 Å². The van der Waals surface area contributed by atoms with Gasteiger partial charge in [-0.25, -0.2) is 4.98 Å². The van der Waals surface area contributed by atoms with Crippen molar-refractivity contribution in [3.05, 3.63) is 50.6 Å². The van der Waals surface area contributed by atoms with E-state index in [4.69, 9.17) is 0 Å². The molecule has 3 heterocycles. The van der Waals surface area contributed by atoms with Crippen molar-refractivity contribution >= 4 is 44.9 Å². The molecule has 26 heavy (non-hydrogen) atoms. The van der Waals surface area contributed by atoms with Gasteiger partial charge in [0.1, 0.15) is 4.83 Å². The molecule has 5 nitrogen and oxygen atoms in total. The third kappa shape index (κ3) is 2.75. The van der Waals surface area contributed by atoms with Crippen LogP contribution in [0.15, 0.2) is 34.2 Å². The van der Waals surface area contributed by atoms with Gasteiger partial charge in [0.15, 0.2) is 5.16 Å². The number of carbonyl (C=O) groups is 1. The van der Waals surface area contributed by atoms with Gasteiger partial charge in [-0.15, -0.1) is 11.3 Å². The van der Waals surface area contributed by atoms with E-state index in [2.05, 4.69) is 11.1 Å². The number of fused-ring (bicyclic) bond motifs is 2. The number of rotatable bonds is 3. The number of aromatic nitrogens is 2. The smallest absolute Gasteiger partial charge is 0.262 e. The Morgan fingerprint density at radius 1 is 1.31 bits per heavy atom. The summed E-state index contributed by atoms with van der Waals surface area (Å²) in [6.07, 6.45) is 0.892. The maximum atomic E-state index is 12.7. The predicted octanol–water partition coefficient (Wildman–Crippen LogP) is 3.29. The Balaban J connectivity index is 1.58. The summed E-state index contributed by atoms with van der Waals surface area (Å²) >= 11 is 2.86. The first-order valence-corrected chi connectivity index (χ1v) is 10.3. The maximum Gasteiger partial charge on any atom is 0.262 e. The van der Waals surface area contributed by atoms with Crippen LogP contribution in [0, 0.1) is 13.8 Å². The fraction of sp³-hybridized carbons (Fsp3) is 0.316. The van der Waals surface area contributed by atoms with E-state index in [1.165, 1.54) is 28.7 Å². The molecule has 1 amide bonds. The molecule has 0 saturated heterocycles. The zero-order valence-corrected chi connectivity index (χ0v) is 16.5. The monoisotopic (exact) mass is 385 g/mol. The van der Waals surface area contributed by atoms with Crippen LogP contribution in [0.3, 0.4) is 0 Å². The lowest BCUT2D eigenvalue weighted by molar-refractivity contribution is -0.116. The van der Waals surface area contributed by atoms with Crippen molar-refractivity contribution in [2.75, 3.05) is 17.2 Å². The molecule has 0 unspecified atom stereocenters. The Hall–Kier alpha value is -2.12. The number of nitrogens with zero attached hydrogens (tertiary/aromatic N) is 3. The van der Waals surface area contributed by atoms with Crippen LogP contribution in [0.2, 0.25) is 0 Å². The van der Waals surface area contributed by atoms with Crippen LogP contribution in [0.1, 0.15) is 16.0 Å². The van der Waals surface area contributed by atoms with E-state index in [0.717, 1.165) is 27.4 Å². The normalized spacial score (nSPS) is 13.4. The molecule has 1 aliphatic heterocycles. The first-order valence-electron chi connectivity index (χ1n) is 8.45. The molecule has 0 bridgehead atoms. The van der Waals surface area contributed by atoms with Crippen molar-refractivity contribution in [1.29, 1.82) is 0 Å². The van der Waals surface area contributed by atoms with Crippen LogP contribution >= 0.6 is 23.1 Å².